The van der Waals surface area contributed by atoms with E-state index in [1.807, 2.05) is 19.9 Å². The maximum atomic E-state index is 12.3. The SMILES string of the molecule is CCc1cc(C(=O)c2cccnc2)n(CC)n1. The van der Waals surface area contributed by atoms with Crippen molar-refractivity contribution in [2.75, 3.05) is 0 Å². The molecule has 0 aliphatic heterocycles. The van der Waals surface area contributed by atoms with E-state index >= 15 is 0 Å². The molecule has 0 radical (unpaired) electrons. The molecule has 0 saturated heterocycles. The summed E-state index contributed by atoms with van der Waals surface area (Å²) in [4.78, 5) is 16.2. The molecule has 0 atom stereocenters. The second kappa shape index (κ2) is 4.91. The lowest BCUT2D eigenvalue weighted by Crippen LogP contribution is -2.10. The van der Waals surface area contributed by atoms with Crippen molar-refractivity contribution in [1.29, 1.82) is 0 Å². The average Bonchev–Trinajstić information content (AvgIpc) is 2.82. The van der Waals surface area contributed by atoms with Crippen molar-refractivity contribution in [3.63, 3.8) is 0 Å². The molecule has 2 aromatic rings. The molecule has 0 aliphatic rings. The Labute approximate surface area is 100 Å². The Bertz CT molecular complexity index is 517. The summed E-state index contributed by atoms with van der Waals surface area (Å²) in [6.07, 6.45) is 4.08. The van der Waals surface area contributed by atoms with Gasteiger partial charge in [0.2, 0.25) is 5.78 Å². The van der Waals surface area contributed by atoms with Gasteiger partial charge in [0.1, 0.15) is 5.69 Å². The van der Waals surface area contributed by atoms with Crippen LogP contribution in [0.4, 0.5) is 0 Å². The van der Waals surface area contributed by atoms with E-state index in [4.69, 9.17) is 0 Å². The summed E-state index contributed by atoms with van der Waals surface area (Å²) in [5, 5.41) is 4.37. The smallest absolute Gasteiger partial charge is 0.212 e. The zero-order chi connectivity index (χ0) is 12.3. The highest BCUT2D eigenvalue weighted by molar-refractivity contribution is 6.07. The molecule has 2 rings (SSSR count). The van der Waals surface area contributed by atoms with Gasteiger partial charge in [-0.25, -0.2) is 0 Å². The maximum absolute atomic E-state index is 12.3. The third-order valence-electron chi connectivity index (χ3n) is 2.65. The quantitative estimate of drug-likeness (QED) is 0.754. The first-order valence-corrected chi connectivity index (χ1v) is 5.77. The molecule has 4 nitrogen and oxygen atoms in total. The molecule has 0 fully saturated rings. The molecule has 0 amide bonds. The molecule has 2 heterocycles. The highest BCUT2D eigenvalue weighted by atomic mass is 16.1. The maximum Gasteiger partial charge on any atom is 0.212 e. The van der Waals surface area contributed by atoms with Crippen LogP contribution in [0.15, 0.2) is 30.6 Å². The number of aromatic nitrogens is 3. The second-order valence-corrected chi connectivity index (χ2v) is 3.76. The van der Waals surface area contributed by atoms with Crippen molar-refractivity contribution in [3.8, 4) is 0 Å². The fourth-order valence-electron chi connectivity index (χ4n) is 1.71. The van der Waals surface area contributed by atoms with E-state index in [0.29, 0.717) is 17.8 Å². The highest BCUT2D eigenvalue weighted by Crippen LogP contribution is 2.11. The third-order valence-corrected chi connectivity index (χ3v) is 2.65. The lowest BCUT2D eigenvalue weighted by atomic mass is 10.1. The number of carbonyl (C=O) groups excluding carboxylic acids is 1. The van der Waals surface area contributed by atoms with Crippen molar-refractivity contribution in [2.24, 2.45) is 0 Å². The Kier molecular flexibility index (Phi) is 3.32. The minimum atomic E-state index is -0.0212. The van der Waals surface area contributed by atoms with E-state index in [-0.39, 0.29) is 5.78 Å². The molecular formula is C13H15N3O. The van der Waals surface area contributed by atoms with Crippen molar-refractivity contribution < 1.29 is 4.79 Å². The van der Waals surface area contributed by atoms with Crippen LogP contribution >= 0.6 is 0 Å². The van der Waals surface area contributed by atoms with Gasteiger partial charge in [0.25, 0.3) is 0 Å². The number of aryl methyl sites for hydroxylation is 2. The predicted octanol–water partition coefficient (Wildman–Crippen LogP) is 2.09. The summed E-state index contributed by atoms with van der Waals surface area (Å²) >= 11 is 0. The Morgan fingerprint density at radius 2 is 2.24 bits per heavy atom. The molecule has 0 aromatic carbocycles. The lowest BCUT2D eigenvalue weighted by Gasteiger charge is -2.02. The topological polar surface area (TPSA) is 47.8 Å². The fraction of sp³-hybridized carbons (Fsp3) is 0.308. The Morgan fingerprint density at radius 3 is 2.82 bits per heavy atom. The number of hydrogen-bond donors (Lipinski definition) is 0. The zero-order valence-electron chi connectivity index (χ0n) is 10.1. The van der Waals surface area contributed by atoms with Crippen LogP contribution in [-0.4, -0.2) is 20.5 Å². The molecule has 0 N–H and O–H groups in total. The van der Waals surface area contributed by atoms with Gasteiger partial charge in [0.05, 0.1) is 5.69 Å². The first kappa shape index (κ1) is 11.5. The molecule has 0 spiro atoms. The van der Waals surface area contributed by atoms with Gasteiger partial charge in [0, 0.05) is 24.5 Å². The Morgan fingerprint density at radius 1 is 1.41 bits per heavy atom. The van der Waals surface area contributed by atoms with E-state index in [1.165, 1.54) is 0 Å². The average molecular weight is 229 g/mol. The molecule has 0 aliphatic carbocycles. The van der Waals surface area contributed by atoms with Crippen LogP contribution in [0.5, 0.6) is 0 Å². The number of nitrogens with zero attached hydrogens (tertiary/aromatic N) is 3. The van der Waals surface area contributed by atoms with Crippen LogP contribution in [0.2, 0.25) is 0 Å². The van der Waals surface area contributed by atoms with Crippen LogP contribution in [0.25, 0.3) is 0 Å². The molecule has 2 aromatic heterocycles. The summed E-state index contributed by atoms with van der Waals surface area (Å²) in [6, 6.07) is 5.40. The van der Waals surface area contributed by atoms with Crippen LogP contribution < -0.4 is 0 Å². The Balaban J connectivity index is 2.40. The molecule has 0 saturated carbocycles. The van der Waals surface area contributed by atoms with Crippen molar-refractivity contribution in [1.82, 2.24) is 14.8 Å². The molecule has 0 bridgehead atoms. The summed E-state index contributed by atoms with van der Waals surface area (Å²) < 4.78 is 1.74. The van der Waals surface area contributed by atoms with Gasteiger partial charge in [-0.3, -0.25) is 14.5 Å². The van der Waals surface area contributed by atoms with Crippen LogP contribution in [-0.2, 0) is 13.0 Å². The summed E-state index contributed by atoms with van der Waals surface area (Å²) in [5.41, 5.74) is 2.18. The van der Waals surface area contributed by atoms with Gasteiger partial charge in [-0.1, -0.05) is 6.92 Å². The van der Waals surface area contributed by atoms with E-state index in [0.717, 1.165) is 12.1 Å². The molecule has 4 heteroatoms. The van der Waals surface area contributed by atoms with Crippen LogP contribution in [0.1, 0.15) is 35.6 Å². The first-order valence-electron chi connectivity index (χ1n) is 5.77. The standard InChI is InChI=1S/C13H15N3O/c1-3-11-8-12(16(4-2)15-11)13(17)10-6-5-7-14-9-10/h5-9H,3-4H2,1-2H3. The zero-order valence-corrected chi connectivity index (χ0v) is 10.1. The monoisotopic (exact) mass is 229 g/mol. The molecule has 17 heavy (non-hydrogen) atoms. The number of pyridine rings is 1. The van der Waals surface area contributed by atoms with Gasteiger partial charge >= 0.3 is 0 Å². The third kappa shape index (κ3) is 2.25. The predicted molar refractivity (Wildman–Crippen MR) is 64.9 cm³/mol. The number of hydrogen-bond acceptors (Lipinski definition) is 3. The molecule has 0 unspecified atom stereocenters. The fourth-order valence-corrected chi connectivity index (χ4v) is 1.71. The number of rotatable bonds is 4. The van der Waals surface area contributed by atoms with Gasteiger partial charge < -0.3 is 0 Å². The summed E-state index contributed by atoms with van der Waals surface area (Å²) in [7, 11) is 0. The van der Waals surface area contributed by atoms with Crippen molar-refractivity contribution in [2.45, 2.75) is 26.8 Å². The summed E-state index contributed by atoms with van der Waals surface area (Å²) in [6.45, 7) is 4.70. The van der Waals surface area contributed by atoms with Crippen molar-refractivity contribution >= 4 is 5.78 Å². The van der Waals surface area contributed by atoms with E-state index in [2.05, 4.69) is 10.1 Å². The first-order chi connectivity index (χ1) is 8.26. The van der Waals surface area contributed by atoms with Gasteiger partial charge in [-0.15, -0.1) is 0 Å². The highest BCUT2D eigenvalue weighted by Gasteiger charge is 2.15. The van der Waals surface area contributed by atoms with Crippen LogP contribution in [0.3, 0.4) is 0 Å². The second-order valence-electron chi connectivity index (χ2n) is 3.76. The van der Waals surface area contributed by atoms with Crippen molar-refractivity contribution in [3.05, 3.63) is 47.5 Å². The van der Waals surface area contributed by atoms with Gasteiger partial charge in [-0.2, -0.15) is 5.10 Å². The number of ketones is 1. The van der Waals surface area contributed by atoms with E-state index in [1.54, 1.807) is 29.2 Å². The van der Waals surface area contributed by atoms with Crippen LogP contribution in [0, 0.1) is 0 Å². The van der Waals surface area contributed by atoms with E-state index in [9.17, 15) is 4.79 Å². The Hall–Kier alpha value is -1.97. The minimum Gasteiger partial charge on any atom is -0.287 e. The lowest BCUT2D eigenvalue weighted by molar-refractivity contribution is 0.102. The molecule has 88 valence electrons. The number of carbonyl (C=O) groups is 1. The largest absolute Gasteiger partial charge is 0.287 e. The normalized spacial score (nSPS) is 10.5. The van der Waals surface area contributed by atoms with Gasteiger partial charge in [0.15, 0.2) is 0 Å². The van der Waals surface area contributed by atoms with E-state index < -0.39 is 0 Å². The molecular weight excluding hydrogens is 214 g/mol. The van der Waals surface area contributed by atoms with Gasteiger partial charge in [-0.05, 0) is 31.5 Å². The summed E-state index contributed by atoms with van der Waals surface area (Å²) in [5.74, 6) is -0.0212. The minimum absolute atomic E-state index is 0.0212.